The summed E-state index contributed by atoms with van der Waals surface area (Å²) in [4.78, 5) is 86.5. The fraction of sp³-hybridized carbons (Fsp3) is 0.514. The molecule has 302 valence electrons. The second kappa shape index (κ2) is 19.0. The van der Waals surface area contributed by atoms with E-state index < -0.39 is 118 Å². The number of nitrogens with one attached hydrogen (secondary N) is 2. The quantitative estimate of drug-likeness (QED) is 0.0557. The molecule has 0 bridgehead atoms. The van der Waals surface area contributed by atoms with Gasteiger partial charge in [0.1, 0.15) is 36.5 Å². The summed E-state index contributed by atoms with van der Waals surface area (Å²) in [6, 6.07) is 4.33. The Balaban J connectivity index is 1.71. The average Bonchev–Trinajstić information content (AvgIpc) is 3.41. The molecule has 1 heterocycles. The molecule has 6 atom stereocenters. The van der Waals surface area contributed by atoms with Gasteiger partial charge in [0.05, 0.1) is 34.8 Å². The summed E-state index contributed by atoms with van der Waals surface area (Å²) in [7, 11) is -4.75. The molecule has 4 amide bonds. The van der Waals surface area contributed by atoms with Crippen molar-refractivity contribution in [3.8, 4) is 5.75 Å². The predicted molar refractivity (Wildman–Crippen MR) is 190 cm³/mol. The molecule has 19 nitrogen and oxygen atoms in total. The number of aliphatic hydroxyl groups is 3. The molecule has 1 fully saturated rings. The van der Waals surface area contributed by atoms with E-state index in [9.17, 15) is 67.0 Å². The Bertz CT molecular complexity index is 1800. The number of carboxylic acid groups (broad SMARTS) is 1. The van der Waals surface area contributed by atoms with Crippen molar-refractivity contribution in [3.63, 3.8) is 0 Å². The van der Waals surface area contributed by atoms with Crippen LogP contribution in [0.15, 0.2) is 36.4 Å². The highest BCUT2D eigenvalue weighted by molar-refractivity contribution is 7.85. The Morgan fingerprint density at radius 1 is 1.00 bits per heavy atom. The van der Waals surface area contributed by atoms with Crippen LogP contribution in [0.1, 0.15) is 52.0 Å². The molecular formula is C35H45N3O16S. The Kier molecular flexibility index (Phi) is 15.4. The Hall–Kier alpha value is -5.02. The number of carbonyl (C=O) groups is 7. The zero-order valence-electron chi connectivity index (χ0n) is 30.2. The average molecular weight is 796 g/mol. The fourth-order valence-electron chi connectivity index (χ4n) is 5.50. The van der Waals surface area contributed by atoms with Gasteiger partial charge in [-0.2, -0.15) is 8.42 Å². The number of ether oxygens (including phenoxy) is 2. The number of hydrogen-bond acceptors (Lipinski definition) is 14. The molecule has 1 aromatic carbocycles. The summed E-state index contributed by atoms with van der Waals surface area (Å²) < 4.78 is 43.7. The van der Waals surface area contributed by atoms with Crippen LogP contribution >= 0.6 is 0 Å². The van der Waals surface area contributed by atoms with E-state index in [1.54, 1.807) is 26.8 Å². The number of nitrogens with zero attached hydrogens (tertiary/aromatic N) is 1. The summed E-state index contributed by atoms with van der Waals surface area (Å²) >= 11 is 0. The number of aliphatic hydroxyl groups excluding tert-OH is 3. The van der Waals surface area contributed by atoms with E-state index in [2.05, 4.69) is 10.6 Å². The first-order valence-electron chi connectivity index (χ1n) is 17.1. The number of esters is 1. The number of benzene rings is 1. The molecule has 1 aliphatic heterocycles. The summed E-state index contributed by atoms with van der Waals surface area (Å²) in [5.41, 5.74) is -0.287. The van der Waals surface area contributed by atoms with Crippen LogP contribution in [-0.4, -0.2) is 130 Å². The van der Waals surface area contributed by atoms with Gasteiger partial charge in [-0.05, 0) is 44.5 Å². The number of rotatable bonds is 18. The highest BCUT2D eigenvalue weighted by Gasteiger charge is 2.47. The lowest BCUT2D eigenvalue weighted by molar-refractivity contribution is -0.174. The normalized spacial score (nSPS) is 22.0. The number of amides is 4. The molecular weight excluding hydrogens is 750 g/mol. The van der Waals surface area contributed by atoms with Crippen LogP contribution in [0.4, 0.5) is 5.69 Å². The van der Waals surface area contributed by atoms with Crippen molar-refractivity contribution in [3.05, 3.63) is 42.0 Å². The van der Waals surface area contributed by atoms with Crippen molar-refractivity contribution >= 4 is 63.2 Å². The number of imide groups is 1. The third-order valence-electron chi connectivity index (χ3n) is 8.51. The minimum absolute atomic E-state index is 0.00939. The summed E-state index contributed by atoms with van der Waals surface area (Å²) in [5.74, 6) is -9.83. The second-order valence-electron chi connectivity index (χ2n) is 14.0. The molecule has 0 aromatic heterocycles. The summed E-state index contributed by atoms with van der Waals surface area (Å²) in [6.45, 7) is 4.28. The first kappa shape index (κ1) is 44.4. The summed E-state index contributed by atoms with van der Waals surface area (Å²) in [5, 5.41) is 45.4. The topological polar surface area (TPSA) is 301 Å². The molecule has 0 radical (unpaired) electrons. The van der Waals surface area contributed by atoms with Crippen LogP contribution in [-0.2, 0) is 48.4 Å². The molecule has 2 aliphatic rings. The second-order valence-corrected chi connectivity index (χ2v) is 15.5. The van der Waals surface area contributed by atoms with Crippen molar-refractivity contribution in [2.75, 3.05) is 30.8 Å². The number of carbonyl (C=O) groups excluding carboxylic acids is 6. The largest absolute Gasteiger partial charge is 0.485 e. The van der Waals surface area contributed by atoms with Crippen LogP contribution < -0.4 is 15.4 Å². The maximum atomic E-state index is 13.1. The lowest BCUT2D eigenvalue weighted by Gasteiger charge is -2.38. The van der Waals surface area contributed by atoms with Crippen molar-refractivity contribution in [2.45, 2.75) is 70.9 Å². The molecule has 0 unspecified atom stereocenters. The standard InChI is InChI=1S/C35H45N3O16S/c1-35(2,3)34(49)53-14-4-5-19-6-7-24(54-25-17-22(33(47)48)29(43)31(45)30(25)44)23(15-19)37-26(40)10-12-36-32(46)20(18-55(50,51)52)16-21(39)11-13-38-27(41)8-9-28(38)42/h4-9,15,20,22,25,29-31,43-45H,10-14,16-18H2,1-3H3,(H,36,46)(H,37,40)(H,47,48)(H,50,51,52)/b5-4+/t20-,22-,25+,29+,30-,31-/m0/s1. The van der Waals surface area contributed by atoms with Gasteiger partial charge in [0.15, 0.2) is 0 Å². The third kappa shape index (κ3) is 13.4. The SMILES string of the molecule is CC(C)(C)C(=O)OC/C=C/c1ccc(O[C@@H]2C[C@H](C(=O)O)[C@@H](O)[C@H](O)[C@H]2O)c(NC(=O)CCNC(=O)[C@@H](CC(=O)CCN2C(=O)C=CC2=O)CS(=O)(=O)O)c1. The summed E-state index contributed by atoms with van der Waals surface area (Å²) in [6.07, 6.45) is -3.47. The van der Waals surface area contributed by atoms with Gasteiger partial charge >= 0.3 is 11.9 Å². The van der Waals surface area contributed by atoms with Crippen molar-refractivity contribution < 1.29 is 76.4 Å². The van der Waals surface area contributed by atoms with Gasteiger partial charge in [-0.15, -0.1) is 0 Å². The van der Waals surface area contributed by atoms with Crippen LogP contribution in [0.5, 0.6) is 5.75 Å². The minimum atomic E-state index is -4.75. The van der Waals surface area contributed by atoms with Crippen molar-refractivity contribution in [1.82, 2.24) is 10.2 Å². The van der Waals surface area contributed by atoms with E-state index in [1.165, 1.54) is 24.3 Å². The Morgan fingerprint density at radius 3 is 2.25 bits per heavy atom. The van der Waals surface area contributed by atoms with Gasteiger partial charge < -0.3 is 40.5 Å². The number of ketones is 1. The Labute approximate surface area is 316 Å². The smallest absolute Gasteiger partial charge is 0.311 e. The van der Waals surface area contributed by atoms with E-state index in [1.807, 2.05) is 0 Å². The number of anilines is 1. The van der Waals surface area contributed by atoms with Crippen LogP contribution in [0, 0.1) is 17.3 Å². The van der Waals surface area contributed by atoms with Crippen LogP contribution in [0.3, 0.4) is 0 Å². The molecule has 0 spiro atoms. The minimum Gasteiger partial charge on any atom is -0.485 e. The highest BCUT2D eigenvalue weighted by Crippen LogP contribution is 2.33. The number of carboxylic acids is 1. The lowest BCUT2D eigenvalue weighted by atomic mass is 9.80. The maximum absolute atomic E-state index is 13.1. The Morgan fingerprint density at radius 2 is 1.65 bits per heavy atom. The number of aliphatic carboxylic acids is 1. The van der Waals surface area contributed by atoms with Gasteiger partial charge in [0, 0.05) is 50.9 Å². The van der Waals surface area contributed by atoms with E-state index in [0.717, 1.165) is 17.1 Å². The first-order chi connectivity index (χ1) is 25.6. The third-order valence-corrected chi connectivity index (χ3v) is 9.33. The van der Waals surface area contributed by atoms with E-state index in [0.29, 0.717) is 5.56 Å². The number of Topliss-reactive ketones (excluding diaryl/α,β-unsaturated/α-hetero) is 1. The molecule has 20 heteroatoms. The molecule has 1 aromatic rings. The molecule has 3 rings (SSSR count). The van der Waals surface area contributed by atoms with Crippen LogP contribution in [0.2, 0.25) is 0 Å². The molecule has 7 N–H and O–H groups in total. The van der Waals surface area contributed by atoms with E-state index in [4.69, 9.17) is 9.47 Å². The first-order valence-corrected chi connectivity index (χ1v) is 18.7. The number of hydrogen-bond donors (Lipinski definition) is 7. The predicted octanol–water partition coefficient (Wildman–Crippen LogP) is -0.553. The fourth-order valence-corrected chi connectivity index (χ4v) is 6.27. The molecule has 55 heavy (non-hydrogen) atoms. The maximum Gasteiger partial charge on any atom is 0.311 e. The highest BCUT2D eigenvalue weighted by atomic mass is 32.2. The van der Waals surface area contributed by atoms with Crippen molar-refractivity contribution in [1.29, 1.82) is 0 Å². The van der Waals surface area contributed by atoms with Crippen LogP contribution in [0.25, 0.3) is 6.08 Å². The zero-order chi connectivity index (χ0) is 41.2. The van der Waals surface area contributed by atoms with E-state index >= 15 is 0 Å². The van der Waals surface area contributed by atoms with Gasteiger partial charge in [-0.25, -0.2) is 0 Å². The molecule has 1 saturated carbocycles. The van der Waals surface area contributed by atoms with E-state index in [-0.39, 0.29) is 37.6 Å². The van der Waals surface area contributed by atoms with Gasteiger partial charge in [0.25, 0.3) is 21.9 Å². The van der Waals surface area contributed by atoms with Gasteiger partial charge in [-0.3, -0.25) is 43.0 Å². The lowest BCUT2D eigenvalue weighted by Crippen LogP contribution is -2.57. The molecule has 0 saturated heterocycles. The van der Waals surface area contributed by atoms with Gasteiger partial charge in [0.2, 0.25) is 11.8 Å². The monoisotopic (exact) mass is 795 g/mol. The zero-order valence-corrected chi connectivity index (χ0v) is 31.1. The molecule has 1 aliphatic carbocycles. The van der Waals surface area contributed by atoms with Crippen molar-refractivity contribution in [2.24, 2.45) is 17.3 Å². The van der Waals surface area contributed by atoms with Gasteiger partial charge in [-0.1, -0.05) is 12.1 Å².